The smallest absolute Gasteiger partial charge is 0.308 e. The molecule has 21 heavy (non-hydrogen) atoms. The van der Waals surface area contributed by atoms with Crippen molar-refractivity contribution in [3.63, 3.8) is 0 Å². The van der Waals surface area contributed by atoms with Crippen molar-refractivity contribution in [2.24, 2.45) is 0 Å². The first-order valence-electron chi connectivity index (χ1n) is 6.04. The number of hydrogen-bond donors (Lipinski definition) is 0. The standard InChI is InChI=1S/C14H16O7/c1-8(15)19-13-7-11(5-6-12(13)18-4)14(20-9(2)16)21-10(3)17/h5-7,14H,1-4H3. The van der Waals surface area contributed by atoms with E-state index in [0.29, 0.717) is 11.3 Å². The number of carbonyl (C=O) groups excluding carboxylic acids is 3. The molecule has 1 aromatic rings. The van der Waals surface area contributed by atoms with Crippen LogP contribution in [0.2, 0.25) is 0 Å². The van der Waals surface area contributed by atoms with Crippen molar-refractivity contribution in [1.82, 2.24) is 0 Å². The number of ether oxygens (including phenoxy) is 4. The van der Waals surface area contributed by atoms with Crippen LogP contribution in [0, 0.1) is 0 Å². The number of rotatable bonds is 5. The molecule has 0 fully saturated rings. The molecular weight excluding hydrogens is 280 g/mol. The molecule has 0 bridgehead atoms. The summed E-state index contributed by atoms with van der Waals surface area (Å²) in [4.78, 5) is 33.2. The van der Waals surface area contributed by atoms with Crippen LogP contribution in [0.1, 0.15) is 32.6 Å². The molecule has 0 amide bonds. The lowest BCUT2D eigenvalue weighted by Crippen LogP contribution is -2.15. The third-order valence-corrected chi connectivity index (χ3v) is 2.26. The minimum absolute atomic E-state index is 0.131. The van der Waals surface area contributed by atoms with Gasteiger partial charge in [-0.15, -0.1) is 0 Å². The SMILES string of the molecule is COc1ccc(C(OC(C)=O)OC(C)=O)cc1OC(C)=O. The van der Waals surface area contributed by atoms with Gasteiger partial charge in [-0.2, -0.15) is 0 Å². The number of methoxy groups -OCH3 is 1. The van der Waals surface area contributed by atoms with Crippen molar-refractivity contribution in [3.05, 3.63) is 23.8 Å². The van der Waals surface area contributed by atoms with E-state index < -0.39 is 24.2 Å². The predicted octanol–water partition coefficient (Wildman–Crippen LogP) is 1.75. The van der Waals surface area contributed by atoms with E-state index in [4.69, 9.17) is 18.9 Å². The number of hydrogen-bond acceptors (Lipinski definition) is 7. The van der Waals surface area contributed by atoms with Gasteiger partial charge < -0.3 is 18.9 Å². The Morgan fingerprint density at radius 3 is 1.90 bits per heavy atom. The Morgan fingerprint density at radius 2 is 1.48 bits per heavy atom. The average molecular weight is 296 g/mol. The van der Waals surface area contributed by atoms with Gasteiger partial charge in [0.2, 0.25) is 0 Å². The Hall–Kier alpha value is -2.57. The zero-order chi connectivity index (χ0) is 16.0. The number of benzene rings is 1. The lowest BCUT2D eigenvalue weighted by Gasteiger charge is -2.18. The molecular formula is C14H16O7. The Labute approximate surface area is 121 Å². The Morgan fingerprint density at radius 1 is 0.905 bits per heavy atom. The topological polar surface area (TPSA) is 88.1 Å². The number of carbonyl (C=O) groups is 3. The van der Waals surface area contributed by atoms with Gasteiger partial charge in [-0.3, -0.25) is 14.4 Å². The maximum Gasteiger partial charge on any atom is 0.308 e. The molecule has 114 valence electrons. The maximum absolute atomic E-state index is 11.1. The van der Waals surface area contributed by atoms with Crippen LogP contribution in [0.5, 0.6) is 11.5 Å². The van der Waals surface area contributed by atoms with Crippen LogP contribution in [0.25, 0.3) is 0 Å². The second-order valence-corrected chi connectivity index (χ2v) is 4.05. The van der Waals surface area contributed by atoms with Crippen molar-refractivity contribution in [2.45, 2.75) is 27.1 Å². The molecule has 0 heterocycles. The van der Waals surface area contributed by atoms with E-state index >= 15 is 0 Å². The molecule has 0 aromatic heterocycles. The van der Waals surface area contributed by atoms with Gasteiger partial charge in [-0.1, -0.05) is 0 Å². The van der Waals surface area contributed by atoms with Gasteiger partial charge in [0, 0.05) is 26.3 Å². The first-order valence-corrected chi connectivity index (χ1v) is 6.04. The van der Waals surface area contributed by atoms with Gasteiger partial charge in [0.1, 0.15) is 0 Å². The monoisotopic (exact) mass is 296 g/mol. The van der Waals surface area contributed by atoms with E-state index in [1.165, 1.54) is 46.1 Å². The summed E-state index contributed by atoms with van der Waals surface area (Å²) in [6, 6.07) is 4.44. The minimum Gasteiger partial charge on any atom is -0.493 e. The van der Waals surface area contributed by atoms with Crippen LogP contribution < -0.4 is 9.47 Å². The summed E-state index contributed by atoms with van der Waals surface area (Å²) in [5.41, 5.74) is 0.331. The highest BCUT2D eigenvalue weighted by atomic mass is 16.7. The van der Waals surface area contributed by atoms with E-state index in [2.05, 4.69) is 0 Å². The molecule has 0 saturated heterocycles. The summed E-state index contributed by atoms with van der Waals surface area (Å²) in [6.07, 6.45) is -1.22. The average Bonchev–Trinajstić information content (AvgIpc) is 2.36. The van der Waals surface area contributed by atoms with Crippen molar-refractivity contribution < 1.29 is 33.3 Å². The van der Waals surface area contributed by atoms with E-state index in [1.807, 2.05) is 0 Å². The predicted molar refractivity (Wildman–Crippen MR) is 70.6 cm³/mol. The van der Waals surface area contributed by atoms with Gasteiger partial charge in [-0.05, 0) is 18.2 Å². The molecule has 0 aliphatic rings. The van der Waals surface area contributed by atoms with Crippen LogP contribution in [-0.2, 0) is 23.9 Å². The Bertz CT molecular complexity index is 534. The fraction of sp³-hybridized carbons (Fsp3) is 0.357. The van der Waals surface area contributed by atoms with Gasteiger partial charge in [0.15, 0.2) is 11.5 Å². The molecule has 0 N–H and O–H groups in total. The quantitative estimate of drug-likeness (QED) is 0.464. The Balaban J connectivity index is 3.15. The lowest BCUT2D eigenvalue weighted by atomic mass is 10.2. The first kappa shape index (κ1) is 16.5. The molecule has 1 aromatic carbocycles. The summed E-state index contributed by atoms with van der Waals surface area (Å²) >= 11 is 0. The maximum atomic E-state index is 11.1. The second kappa shape index (κ2) is 7.28. The fourth-order valence-electron chi connectivity index (χ4n) is 1.54. The number of esters is 3. The summed E-state index contributed by atoms with van der Waals surface area (Å²) in [5.74, 6) is -1.33. The Kier molecular flexibility index (Phi) is 5.71. The molecule has 7 heteroatoms. The van der Waals surface area contributed by atoms with Gasteiger partial charge in [0.25, 0.3) is 6.29 Å². The summed E-state index contributed by atoms with van der Waals surface area (Å²) in [6.45, 7) is 3.61. The first-order chi connectivity index (χ1) is 9.83. The zero-order valence-corrected chi connectivity index (χ0v) is 12.2. The van der Waals surface area contributed by atoms with Crippen molar-refractivity contribution in [3.8, 4) is 11.5 Å². The molecule has 0 atom stereocenters. The van der Waals surface area contributed by atoms with Crippen molar-refractivity contribution in [1.29, 1.82) is 0 Å². The molecule has 1 rings (SSSR count). The third kappa shape index (κ3) is 5.13. The highest BCUT2D eigenvalue weighted by Gasteiger charge is 2.20. The second-order valence-electron chi connectivity index (χ2n) is 4.05. The van der Waals surface area contributed by atoms with Crippen LogP contribution in [0.4, 0.5) is 0 Å². The zero-order valence-electron chi connectivity index (χ0n) is 12.2. The van der Waals surface area contributed by atoms with Gasteiger partial charge in [0.05, 0.1) is 7.11 Å². The summed E-state index contributed by atoms with van der Waals surface area (Å²) in [5, 5.41) is 0. The molecule has 0 aliphatic heterocycles. The molecule has 0 unspecified atom stereocenters. The van der Waals surface area contributed by atoms with Gasteiger partial charge in [-0.25, -0.2) is 0 Å². The van der Waals surface area contributed by atoms with Crippen molar-refractivity contribution in [2.75, 3.05) is 7.11 Å². The van der Waals surface area contributed by atoms with Crippen LogP contribution >= 0.6 is 0 Å². The lowest BCUT2D eigenvalue weighted by molar-refractivity contribution is -0.186. The largest absolute Gasteiger partial charge is 0.493 e. The highest BCUT2D eigenvalue weighted by molar-refractivity contribution is 5.71. The molecule has 0 spiro atoms. The summed E-state index contributed by atoms with van der Waals surface area (Å²) < 4.78 is 19.9. The molecule has 0 radical (unpaired) electrons. The molecule has 0 saturated carbocycles. The van der Waals surface area contributed by atoms with Crippen LogP contribution in [0.15, 0.2) is 18.2 Å². The van der Waals surface area contributed by atoms with E-state index in [1.54, 1.807) is 0 Å². The van der Waals surface area contributed by atoms with Crippen LogP contribution in [-0.4, -0.2) is 25.0 Å². The van der Waals surface area contributed by atoms with Crippen LogP contribution in [0.3, 0.4) is 0 Å². The normalized spacial score (nSPS) is 9.95. The third-order valence-electron chi connectivity index (χ3n) is 2.26. The van der Waals surface area contributed by atoms with E-state index in [0.717, 1.165) is 0 Å². The fourth-order valence-corrected chi connectivity index (χ4v) is 1.54. The van der Waals surface area contributed by atoms with Crippen molar-refractivity contribution >= 4 is 17.9 Å². The minimum atomic E-state index is -1.22. The highest BCUT2D eigenvalue weighted by Crippen LogP contribution is 2.32. The summed E-state index contributed by atoms with van der Waals surface area (Å²) in [7, 11) is 1.41. The van der Waals surface area contributed by atoms with E-state index in [9.17, 15) is 14.4 Å². The van der Waals surface area contributed by atoms with Gasteiger partial charge >= 0.3 is 17.9 Å². The molecule has 0 aliphatic carbocycles. The van der Waals surface area contributed by atoms with E-state index in [-0.39, 0.29) is 5.75 Å². The molecule has 7 nitrogen and oxygen atoms in total.